The number of hydrogen-bond acceptors (Lipinski definition) is 12. The molecule has 3 aromatic heterocycles. The van der Waals surface area contributed by atoms with E-state index in [2.05, 4.69) is 41.8 Å². The van der Waals surface area contributed by atoms with Crippen molar-refractivity contribution >= 4 is 23.2 Å². The molecule has 0 amide bonds. The third-order valence-corrected chi connectivity index (χ3v) is 8.39. The van der Waals surface area contributed by atoms with Crippen LogP contribution in [0.4, 0.5) is 11.6 Å². The fraction of sp³-hybridized carbons (Fsp3) is 0.500. The molecule has 0 spiro atoms. The molecule has 0 bridgehead atoms. The number of benzene rings is 1. The van der Waals surface area contributed by atoms with Crippen LogP contribution in [0, 0.1) is 11.3 Å². The van der Waals surface area contributed by atoms with Crippen LogP contribution in [-0.2, 0) is 11.3 Å². The third kappa shape index (κ3) is 7.86. The van der Waals surface area contributed by atoms with E-state index in [1.807, 2.05) is 29.9 Å². The van der Waals surface area contributed by atoms with Crippen LogP contribution >= 0.6 is 11.6 Å². The Morgan fingerprint density at radius 2 is 1.89 bits per heavy atom. The Bertz CT molecular complexity index is 1560. The summed E-state index contributed by atoms with van der Waals surface area (Å²) in [5.41, 5.74) is 2.32. The molecule has 14 nitrogen and oxygen atoms in total. The fourth-order valence-electron chi connectivity index (χ4n) is 5.80. The Balaban J connectivity index is 1.12. The molecule has 45 heavy (non-hydrogen) atoms. The molecular formula is C30H36ClN11O3. The van der Waals surface area contributed by atoms with Crippen LogP contribution in [0.1, 0.15) is 45.1 Å². The maximum Gasteiger partial charge on any atom is 0.256 e. The Kier molecular flexibility index (Phi) is 9.99. The Hall–Kier alpha value is -4.32. The molecule has 1 aliphatic carbocycles. The summed E-state index contributed by atoms with van der Waals surface area (Å²) in [5, 5.41) is 28.7. The lowest BCUT2D eigenvalue weighted by Gasteiger charge is -2.38. The van der Waals surface area contributed by atoms with Crippen LogP contribution in [0.3, 0.4) is 0 Å². The average molecular weight is 634 g/mol. The molecule has 1 aliphatic heterocycles. The monoisotopic (exact) mass is 633 g/mol. The number of tetrazole rings is 1. The zero-order chi connectivity index (χ0) is 31.0. The molecular weight excluding hydrogens is 598 g/mol. The number of rotatable bonds is 12. The van der Waals surface area contributed by atoms with E-state index in [9.17, 15) is 0 Å². The molecule has 15 heteroatoms. The van der Waals surface area contributed by atoms with E-state index in [0.29, 0.717) is 40.9 Å². The van der Waals surface area contributed by atoms with Gasteiger partial charge in [0, 0.05) is 37.1 Å². The van der Waals surface area contributed by atoms with Crippen molar-refractivity contribution in [3.63, 3.8) is 0 Å². The number of ether oxygens (including phenoxy) is 3. The van der Waals surface area contributed by atoms with Gasteiger partial charge in [0.05, 0.1) is 49.5 Å². The Morgan fingerprint density at radius 3 is 2.62 bits per heavy atom. The first kappa shape index (κ1) is 30.7. The number of aromatic nitrogens is 8. The lowest BCUT2D eigenvalue weighted by atomic mass is 9.90. The predicted molar refractivity (Wildman–Crippen MR) is 165 cm³/mol. The first-order chi connectivity index (χ1) is 22.1. The summed E-state index contributed by atoms with van der Waals surface area (Å²) in [6, 6.07) is 8.54. The van der Waals surface area contributed by atoms with E-state index in [0.717, 1.165) is 63.1 Å². The minimum atomic E-state index is -0.214. The standard InChI is InChI=1S/C30H36ClN11O3/c1-21(18-41-20-35-38-39-41)45-28-15-22(3-8-26(28)31)23-16-33-30(34-17-23)36-27-19-42(37-29(27)44-12-2-9-32)25-6-4-24(5-7-25)40-10-13-43-14-11-40/h3,8,15-17,19-21,24-25H,2,4-7,10-14,18H2,1H3,(H,33,34,36). The Morgan fingerprint density at radius 1 is 1.11 bits per heavy atom. The number of anilines is 2. The van der Waals surface area contributed by atoms with E-state index in [1.165, 1.54) is 6.33 Å². The molecule has 4 aromatic rings. The summed E-state index contributed by atoms with van der Waals surface area (Å²) in [6.07, 6.45) is 11.3. The average Bonchev–Trinajstić information content (AvgIpc) is 3.73. The zero-order valence-corrected chi connectivity index (χ0v) is 25.9. The van der Waals surface area contributed by atoms with Crippen LogP contribution in [0.5, 0.6) is 11.6 Å². The highest BCUT2D eigenvalue weighted by atomic mass is 35.5. The van der Waals surface area contributed by atoms with Gasteiger partial charge < -0.3 is 19.5 Å². The van der Waals surface area contributed by atoms with Crippen LogP contribution in [0.25, 0.3) is 11.1 Å². The summed E-state index contributed by atoms with van der Waals surface area (Å²) >= 11 is 6.43. The van der Waals surface area contributed by atoms with Crippen LogP contribution in [0.15, 0.2) is 43.1 Å². The van der Waals surface area contributed by atoms with Crippen molar-refractivity contribution in [2.75, 3.05) is 38.2 Å². The molecule has 236 valence electrons. The highest BCUT2D eigenvalue weighted by Gasteiger charge is 2.29. The van der Waals surface area contributed by atoms with Gasteiger partial charge in [-0.3, -0.25) is 9.58 Å². The lowest BCUT2D eigenvalue weighted by molar-refractivity contribution is 0.00503. The van der Waals surface area contributed by atoms with Gasteiger partial charge in [-0.2, -0.15) is 5.26 Å². The Labute approximate surface area is 266 Å². The highest BCUT2D eigenvalue weighted by molar-refractivity contribution is 6.32. The van der Waals surface area contributed by atoms with E-state index in [-0.39, 0.29) is 25.2 Å². The maximum absolute atomic E-state index is 9.01. The van der Waals surface area contributed by atoms with Crippen molar-refractivity contribution in [3.8, 4) is 28.8 Å². The molecule has 1 aromatic carbocycles. The number of hydrogen-bond donors (Lipinski definition) is 1. The van der Waals surface area contributed by atoms with Crippen molar-refractivity contribution in [2.24, 2.45) is 0 Å². The van der Waals surface area contributed by atoms with Crippen molar-refractivity contribution in [1.29, 1.82) is 5.26 Å². The van der Waals surface area contributed by atoms with Gasteiger partial charge in [-0.15, -0.1) is 10.2 Å². The van der Waals surface area contributed by atoms with Gasteiger partial charge in [0.1, 0.15) is 30.5 Å². The first-order valence-electron chi connectivity index (χ1n) is 15.2. The summed E-state index contributed by atoms with van der Waals surface area (Å²) in [5.74, 6) is 1.38. The number of halogens is 1. The van der Waals surface area contributed by atoms with Gasteiger partial charge in [-0.25, -0.2) is 14.6 Å². The number of nitriles is 1. The quantitative estimate of drug-likeness (QED) is 0.221. The molecule has 2 fully saturated rings. The van der Waals surface area contributed by atoms with E-state index >= 15 is 0 Å². The van der Waals surface area contributed by atoms with Gasteiger partial charge in [-0.05, 0) is 60.7 Å². The molecule has 1 atom stereocenters. The van der Waals surface area contributed by atoms with Gasteiger partial charge in [0.25, 0.3) is 5.88 Å². The molecule has 1 N–H and O–H groups in total. The minimum absolute atomic E-state index is 0.214. The van der Waals surface area contributed by atoms with E-state index in [4.69, 9.17) is 36.2 Å². The summed E-state index contributed by atoms with van der Waals surface area (Å²) in [6.45, 7) is 6.31. The second-order valence-electron chi connectivity index (χ2n) is 11.2. The second kappa shape index (κ2) is 14.6. The van der Waals surface area contributed by atoms with Crippen molar-refractivity contribution < 1.29 is 14.2 Å². The van der Waals surface area contributed by atoms with Gasteiger partial charge in [0.2, 0.25) is 5.95 Å². The predicted octanol–water partition coefficient (Wildman–Crippen LogP) is 4.30. The first-order valence-corrected chi connectivity index (χ1v) is 15.6. The van der Waals surface area contributed by atoms with Gasteiger partial charge in [0.15, 0.2) is 0 Å². The molecule has 1 saturated carbocycles. The second-order valence-corrected chi connectivity index (χ2v) is 11.6. The minimum Gasteiger partial charge on any atom is -0.487 e. The number of morpholine rings is 1. The molecule has 4 heterocycles. The van der Waals surface area contributed by atoms with Gasteiger partial charge >= 0.3 is 0 Å². The zero-order valence-electron chi connectivity index (χ0n) is 25.1. The largest absolute Gasteiger partial charge is 0.487 e. The van der Waals surface area contributed by atoms with Crippen LogP contribution < -0.4 is 14.8 Å². The normalized spacial score (nSPS) is 19.5. The SMILES string of the molecule is CC(Cn1cnnn1)Oc1cc(-c2cnc(Nc3cn(C4CCC(N5CCOCC5)CC4)nc3OCCC#N)nc2)ccc1Cl. The number of nitrogens with zero attached hydrogens (tertiary/aromatic N) is 10. The summed E-state index contributed by atoms with van der Waals surface area (Å²) in [4.78, 5) is 11.7. The maximum atomic E-state index is 9.01. The summed E-state index contributed by atoms with van der Waals surface area (Å²) in [7, 11) is 0. The van der Waals surface area contributed by atoms with Gasteiger partial charge in [-0.1, -0.05) is 17.7 Å². The fourth-order valence-corrected chi connectivity index (χ4v) is 5.96. The lowest BCUT2D eigenvalue weighted by Crippen LogP contribution is -2.45. The van der Waals surface area contributed by atoms with E-state index in [1.54, 1.807) is 23.1 Å². The molecule has 2 aliphatic rings. The van der Waals surface area contributed by atoms with E-state index < -0.39 is 0 Å². The highest BCUT2D eigenvalue weighted by Crippen LogP contribution is 2.35. The smallest absolute Gasteiger partial charge is 0.256 e. The van der Waals surface area contributed by atoms with Crippen molar-refractivity contribution in [2.45, 2.75) is 63.8 Å². The summed E-state index contributed by atoms with van der Waals surface area (Å²) < 4.78 is 21.1. The third-order valence-electron chi connectivity index (χ3n) is 8.08. The van der Waals surface area contributed by atoms with Crippen LogP contribution in [-0.4, -0.2) is 89.9 Å². The van der Waals surface area contributed by atoms with Crippen LogP contribution in [0.2, 0.25) is 5.02 Å². The van der Waals surface area contributed by atoms with Crippen molar-refractivity contribution in [1.82, 2.24) is 44.9 Å². The molecule has 1 unspecified atom stereocenters. The molecule has 0 radical (unpaired) electrons. The molecule has 1 saturated heterocycles. The topological polar surface area (TPSA) is 154 Å². The molecule has 6 rings (SSSR count). The number of nitrogens with one attached hydrogen (secondary N) is 1. The van der Waals surface area contributed by atoms with Crippen molar-refractivity contribution in [3.05, 3.63) is 48.1 Å².